The van der Waals surface area contributed by atoms with E-state index in [2.05, 4.69) is 23.4 Å². The fourth-order valence-corrected chi connectivity index (χ4v) is 2.42. The summed E-state index contributed by atoms with van der Waals surface area (Å²) in [6, 6.07) is 0. The van der Waals surface area contributed by atoms with E-state index in [1.807, 2.05) is 0 Å². The zero-order chi connectivity index (χ0) is 13.3. The van der Waals surface area contributed by atoms with Gasteiger partial charge in [-0.3, -0.25) is 0 Å². The molecule has 0 saturated carbocycles. The molecule has 18 heavy (non-hydrogen) atoms. The monoisotopic (exact) mass is 251 g/mol. The molecule has 1 aromatic rings. The highest BCUT2D eigenvalue weighted by molar-refractivity contribution is 5.86. The molecule has 0 unspecified atom stereocenters. The molecule has 1 aliphatic heterocycles. The molecule has 0 fully saturated rings. The van der Waals surface area contributed by atoms with Gasteiger partial charge < -0.3 is 15.4 Å². The van der Waals surface area contributed by atoms with E-state index in [1.165, 1.54) is 0 Å². The van der Waals surface area contributed by atoms with E-state index >= 15 is 0 Å². The van der Waals surface area contributed by atoms with Crippen molar-refractivity contribution in [3.05, 3.63) is 17.2 Å². The Balaban J connectivity index is 2.39. The number of hydrogen-bond acceptors (Lipinski definition) is 3. The third-order valence-electron chi connectivity index (χ3n) is 3.59. The molecule has 0 atom stereocenters. The van der Waals surface area contributed by atoms with Gasteiger partial charge in [-0.1, -0.05) is 13.8 Å². The molecule has 0 bridgehead atoms. The van der Waals surface area contributed by atoms with Crippen molar-refractivity contribution in [2.75, 3.05) is 6.54 Å². The minimum atomic E-state index is -0.919. The minimum absolute atomic E-state index is 0.0463. The van der Waals surface area contributed by atoms with E-state index in [4.69, 9.17) is 5.73 Å². The topological polar surface area (TPSA) is 81.1 Å². The van der Waals surface area contributed by atoms with E-state index in [-0.39, 0.29) is 11.1 Å². The second kappa shape index (κ2) is 4.72. The molecule has 1 aliphatic rings. The lowest BCUT2D eigenvalue weighted by atomic mass is 9.89. The van der Waals surface area contributed by atoms with E-state index in [0.717, 1.165) is 43.7 Å². The highest BCUT2D eigenvalue weighted by Gasteiger charge is 2.27. The standard InChI is InChI=1S/C13H21N3O2/c1-13(2,8-14)7-10-15-11(12(17)18)9-5-3-4-6-16(9)10/h3-8,14H2,1-2H3,(H,17,18). The van der Waals surface area contributed by atoms with Gasteiger partial charge in [-0.05, 0) is 31.2 Å². The average molecular weight is 251 g/mol. The Labute approximate surface area is 107 Å². The van der Waals surface area contributed by atoms with Gasteiger partial charge in [-0.15, -0.1) is 0 Å². The number of aromatic carboxylic acids is 1. The van der Waals surface area contributed by atoms with Crippen molar-refractivity contribution in [1.29, 1.82) is 0 Å². The van der Waals surface area contributed by atoms with Crippen LogP contribution < -0.4 is 5.73 Å². The van der Waals surface area contributed by atoms with Crippen molar-refractivity contribution in [2.24, 2.45) is 11.1 Å². The van der Waals surface area contributed by atoms with Crippen LogP contribution in [0, 0.1) is 5.41 Å². The predicted molar refractivity (Wildman–Crippen MR) is 68.7 cm³/mol. The van der Waals surface area contributed by atoms with Crippen LogP contribution in [0.2, 0.25) is 0 Å². The van der Waals surface area contributed by atoms with Crippen molar-refractivity contribution in [3.63, 3.8) is 0 Å². The third kappa shape index (κ3) is 2.41. The minimum Gasteiger partial charge on any atom is -0.476 e. The molecule has 100 valence electrons. The Bertz CT molecular complexity index is 463. The summed E-state index contributed by atoms with van der Waals surface area (Å²) in [5.41, 5.74) is 6.82. The van der Waals surface area contributed by atoms with E-state index in [9.17, 15) is 9.90 Å². The lowest BCUT2D eigenvalue weighted by molar-refractivity contribution is 0.0689. The van der Waals surface area contributed by atoms with Gasteiger partial charge in [0.25, 0.3) is 0 Å². The second-order valence-corrected chi connectivity index (χ2v) is 5.78. The Hall–Kier alpha value is -1.36. The van der Waals surface area contributed by atoms with Gasteiger partial charge in [-0.25, -0.2) is 9.78 Å². The summed E-state index contributed by atoms with van der Waals surface area (Å²) in [6.07, 6.45) is 3.69. The van der Waals surface area contributed by atoms with Crippen LogP contribution in [0.4, 0.5) is 0 Å². The molecule has 0 aromatic carbocycles. The molecule has 0 amide bonds. The number of carboxylic acids is 1. The Morgan fingerprint density at radius 1 is 1.50 bits per heavy atom. The van der Waals surface area contributed by atoms with Gasteiger partial charge in [-0.2, -0.15) is 0 Å². The van der Waals surface area contributed by atoms with E-state index < -0.39 is 5.97 Å². The molecule has 0 aliphatic carbocycles. The molecular formula is C13H21N3O2. The zero-order valence-electron chi connectivity index (χ0n) is 11.1. The largest absolute Gasteiger partial charge is 0.476 e. The van der Waals surface area contributed by atoms with Crippen molar-refractivity contribution in [1.82, 2.24) is 9.55 Å². The number of aromatic nitrogens is 2. The summed E-state index contributed by atoms with van der Waals surface area (Å²) in [5.74, 6) is -0.0463. The molecule has 2 rings (SSSR count). The maximum atomic E-state index is 11.2. The van der Waals surface area contributed by atoms with Crippen LogP contribution >= 0.6 is 0 Å². The molecule has 0 radical (unpaired) electrons. The predicted octanol–water partition coefficient (Wildman–Crippen LogP) is 1.44. The summed E-state index contributed by atoms with van der Waals surface area (Å²) < 4.78 is 2.09. The van der Waals surface area contributed by atoms with Gasteiger partial charge in [0, 0.05) is 13.0 Å². The van der Waals surface area contributed by atoms with Crippen LogP contribution in [0.25, 0.3) is 0 Å². The molecule has 0 spiro atoms. The zero-order valence-corrected chi connectivity index (χ0v) is 11.1. The number of fused-ring (bicyclic) bond motifs is 1. The normalized spacial score (nSPS) is 15.5. The van der Waals surface area contributed by atoms with E-state index in [1.54, 1.807) is 0 Å². The summed E-state index contributed by atoms with van der Waals surface area (Å²) in [7, 11) is 0. The van der Waals surface area contributed by atoms with Gasteiger partial charge in [0.15, 0.2) is 5.69 Å². The lowest BCUT2D eigenvalue weighted by Gasteiger charge is -2.24. The number of carboxylic acid groups (broad SMARTS) is 1. The molecule has 3 N–H and O–H groups in total. The quantitative estimate of drug-likeness (QED) is 0.848. The van der Waals surface area contributed by atoms with Gasteiger partial charge in [0.2, 0.25) is 0 Å². The molecule has 1 aromatic heterocycles. The number of carbonyl (C=O) groups is 1. The fourth-order valence-electron chi connectivity index (χ4n) is 2.42. The summed E-state index contributed by atoms with van der Waals surface area (Å²) >= 11 is 0. The highest BCUT2D eigenvalue weighted by atomic mass is 16.4. The summed E-state index contributed by atoms with van der Waals surface area (Å²) in [6.45, 7) is 5.61. The van der Waals surface area contributed by atoms with E-state index in [0.29, 0.717) is 6.54 Å². The summed E-state index contributed by atoms with van der Waals surface area (Å²) in [4.78, 5) is 15.6. The Morgan fingerprint density at radius 3 is 2.83 bits per heavy atom. The van der Waals surface area contributed by atoms with Gasteiger partial charge in [0.1, 0.15) is 5.82 Å². The molecular weight excluding hydrogens is 230 g/mol. The first-order valence-electron chi connectivity index (χ1n) is 6.46. The number of hydrogen-bond donors (Lipinski definition) is 2. The van der Waals surface area contributed by atoms with Crippen molar-refractivity contribution < 1.29 is 9.90 Å². The Kier molecular flexibility index (Phi) is 3.43. The number of rotatable bonds is 4. The summed E-state index contributed by atoms with van der Waals surface area (Å²) in [5, 5.41) is 9.21. The molecule has 5 heteroatoms. The molecule has 2 heterocycles. The second-order valence-electron chi connectivity index (χ2n) is 5.78. The first-order chi connectivity index (χ1) is 8.44. The van der Waals surface area contributed by atoms with Crippen molar-refractivity contribution in [3.8, 4) is 0 Å². The highest BCUT2D eigenvalue weighted by Crippen LogP contribution is 2.26. The van der Waals surface area contributed by atoms with Crippen molar-refractivity contribution in [2.45, 2.75) is 46.1 Å². The number of imidazole rings is 1. The van der Waals surface area contributed by atoms with Gasteiger partial charge in [0.05, 0.1) is 5.69 Å². The molecule has 5 nitrogen and oxygen atoms in total. The van der Waals surface area contributed by atoms with Crippen LogP contribution in [-0.2, 0) is 19.4 Å². The van der Waals surface area contributed by atoms with Gasteiger partial charge >= 0.3 is 5.97 Å². The fraction of sp³-hybridized carbons (Fsp3) is 0.692. The lowest BCUT2D eigenvalue weighted by Crippen LogP contribution is -2.28. The first kappa shape index (κ1) is 13.1. The Morgan fingerprint density at radius 2 is 2.22 bits per heavy atom. The number of nitrogens with zero attached hydrogens (tertiary/aromatic N) is 2. The number of nitrogens with two attached hydrogens (primary N) is 1. The average Bonchev–Trinajstić information content (AvgIpc) is 2.68. The maximum Gasteiger partial charge on any atom is 0.356 e. The van der Waals surface area contributed by atoms with Crippen molar-refractivity contribution >= 4 is 5.97 Å². The van der Waals surface area contributed by atoms with Crippen LogP contribution in [0.15, 0.2) is 0 Å². The first-order valence-corrected chi connectivity index (χ1v) is 6.46. The SMILES string of the molecule is CC(C)(CN)Cc1nc(C(=O)O)c2n1CCCC2. The van der Waals surface area contributed by atoms with Crippen LogP contribution in [0.5, 0.6) is 0 Å². The van der Waals surface area contributed by atoms with Crippen LogP contribution in [0.1, 0.15) is 48.7 Å². The maximum absolute atomic E-state index is 11.2. The molecule has 0 saturated heterocycles. The van der Waals surface area contributed by atoms with Crippen LogP contribution in [-0.4, -0.2) is 27.2 Å². The third-order valence-corrected chi connectivity index (χ3v) is 3.59. The smallest absolute Gasteiger partial charge is 0.356 e. The van der Waals surface area contributed by atoms with Crippen LogP contribution in [0.3, 0.4) is 0 Å².